The normalized spacial score (nSPS) is 23.6. The number of aromatic nitrogens is 1. The molecule has 1 atom stereocenters. The maximum Gasteiger partial charge on any atom is 0.252 e. The first-order chi connectivity index (χ1) is 10.6. The molecule has 1 amide bonds. The van der Waals surface area contributed by atoms with Crippen LogP contribution in [0.15, 0.2) is 17.1 Å². The lowest BCUT2D eigenvalue weighted by molar-refractivity contribution is -0.128. The Bertz CT molecular complexity index is 602. The van der Waals surface area contributed by atoms with Crippen LogP contribution in [0.3, 0.4) is 0 Å². The van der Waals surface area contributed by atoms with E-state index < -0.39 is 0 Å². The molecule has 1 aromatic heterocycles. The number of aryl methyl sites for hydroxylation is 1. The molecule has 1 saturated carbocycles. The summed E-state index contributed by atoms with van der Waals surface area (Å²) >= 11 is 0. The van der Waals surface area contributed by atoms with E-state index in [4.69, 9.17) is 0 Å². The number of hydrogen-bond acceptors (Lipinski definition) is 3. The molecule has 1 aromatic rings. The van der Waals surface area contributed by atoms with Gasteiger partial charge in [-0.1, -0.05) is 19.3 Å². The molecule has 120 valence electrons. The van der Waals surface area contributed by atoms with Gasteiger partial charge in [0.15, 0.2) is 0 Å². The molecule has 2 heterocycles. The molecule has 22 heavy (non-hydrogen) atoms. The minimum Gasteiger partial charge on any atom is -0.352 e. The van der Waals surface area contributed by atoms with Gasteiger partial charge in [-0.15, -0.1) is 0 Å². The summed E-state index contributed by atoms with van der Waals surface area (Å²) in [6.07, 6.45) is 7.71. The molecule has 3 rings (SSSR count). The van der Waals surface area contributed by atoms with Gasteiger partial charge in [0.25, 0.3) is 5.56 Å². The fraction of sp³-hybridized carbons (Fsp3) is 0.647. The topological polar surface area (TPSA) is 74.0 Å². The zero-order valence-corrected chi connectivity index (χ0v) is 13.2. The highest BCUT2D eigenvalue weighted by molar-refractivity contribution is 5.80. The fourth-order valence-corrected chi connectivity index (χ4v) is 4.05. The number of hydrogen-bond donors (Lipinski definition) is 3. The second-order valence-electron chi connectivity index (χ2n) is 6.86. The summed E-state index contributed by atoms with van der Waals surface area (Å²) in [5.74, 6) is 0.129. The maximum absolute atomic E-state index is 12.6. The van der Waals surface area contributed by atoms with Crippen molar-refractivity contribution in [3.63, 3.8) is 0 Å². The zero-order valence-electron chi connectivity index (χ0n) is 13.2. The summed E-state index contributed by atoms with van der Waals surface area (Å²) in [4.78, 5) is 27.1. The molecule has 3 N–H and O–H groups in total. The van der Waals surface area contributed by atoms with Crippen molar-refractivity contribution >= 4 is 5.91 Å². The number of amides is 1. The van der Waals surface area contributed by atoms with Gasteiger partial charge in [-0.25, -0.2) is 0 Å². The van der Waals surface area contributed by atoms with Crippen LogP contribution < -0.4 is 16.2 Å². The summed E-state index contributed by atoms with van der Waals surface area (Å²) in [6.45, 7) is 3.95. The van der Waals surface area contributed by atoms with Gasteiger partial charge in [-0.3, -0.25) is 9.59 Å². The highest BCUT2D eigenvalue weighted by atomic mass is 16.2. The lowest BCUT2D eigenvalue weighted by atomic mass is 9.67. The SMILES string of the molecule is Cc1c[nH]c(=O)c(CNC(=O)C2CNCC23CCCCC3)c1. The van der Waals surface area contributed by atoms with Gasteiger partial charge in [-0.05, 0) is 36.8 Å². The average molecular weight is 303 g/mol. The molecule has 0 radical (unpaired) electrons. The van der Waals surface area contributed by atoms with Crippen LogP contribution >= 0.6 is 0 Å². The minimum absolute atomic E-state index is 0.0386. The standard InChI is InChI=1S/C17H25N3O2/c1-12-7-13(15(21)19-8-12)9-20-16(22)14-10-18-11-17(14)5-3-2-4-6-17/h7-8,14,18H,2-6,9-11H2,1H3,(H,19,21)(H,20,22). The predicted molar refractivity (Wildman–Crippen MR) is 85.5 cm³/mol. The van der Waals surface area contributed by atoms with Gasteiger partial charge < -0.3 is 15.6 Å². The average Bonchev–Trinajstić information content (AvgIpc) is 2.91. The van der Waals surface area contributed by atoms with E-state index in [0.29, 0.717) is 12.1 Å². The van der Waals surface area contributed by atoms with Gasteiger partial charge in [-0.2, -0.15) is 0 Å². The second-order valence-corrected chi connectivity index (χ2v) is 6.86. The first-order valence-corrected chi connectivity index (χ1v) is 8.27. The van der Waals surface area contributed by atoms with Gasteiger partial charge >= 0.3 is 0 Å². The van der Waals surface area contributed by atoms with E-state index in [1.54, 1.807) is 6.20 Å². The number of carbonyl (C=O) groups excluding carboxylic acids is 1. The Labute approximate surface area is 130 Å². The first kappa shape index (κ1) is 15.3. The molecule has 0 aromatic carbocycles. The van der Waals surface area contributed by atoms with E-state index in [-0.39, 0.29) is 22.8 Å². The van der Waals surface area contributed by atoms with Crippen LogP contribution in [0.4, 0.5) is 0 Å². The van der Waals surface area contributed by atoms with Crippen molar-refractivity contribution in [3.05, 3.63) is 33.7 Å². The Morgan fingerprint density at radius 1 is 1.36 bits per heavy atom. The fourth-order valence-electron chi connectivity index (χ4n) is 4.05. The molecular formula is C17H25N3O2. The van der Waals surface area contributed by atoms with E-state index in [1.165, 1.54) is 19.3 Å². The second kappa shape index (κ2) is 6.24. The summed E-state index contributed by atoms with van der Waals surface area (Å²) in [7, 11) is 0. The van der Waals surface area contributed by atoms with E-state index in [0.717, 1.165) is 31.5 Å². The van der Waals surface area contributed by atoms with E-state index in [9.17, 15) is 9.59 Å². The molecule has 1 unspecified atom stereocenters. The Morgan fingerprint density at radius 3 is 2.91 bits per heavy atom. The highest BCUT2D eigenvalue weighted by Crippen LogP contribution is 2.44. The molecule has 5 nitrogen and oxygen atoms in total. The Balaban J connectivity index is 1.66. The van der Waals surface area contributed by atoms with Crippen LogP contribution in [0.1, 0.15) is 43.2 Å². The molecular weight excluding hydrogens is 278 g/mol. The van der Waals surface area contributed by atoms with Crippen molar-refractivity contribution in [3.8, 4) is 0 Å². The van der Waals surface area contributed by atoms with Crippen LogP contribution in [0.2, 0.25) is 0 Å². The number of carbonyl (C=O) groups is 1. The molecule has 1 spiro atoms. The number of rotatable bonds is 3. The molecule has 1 saturated heterocycles. The van der Waals surface area contributed by atoms with Crippen molar-refractivity contribution in [2.24, 2.45) is 11.3 Å². The Hall–Kier alpha value is -1.62. The molecule has 0 bridgehead atoms. The maximum atomic E-state index is 12.6. The van der Waals surface area contributed by atoms with Crippen LogP contribution in [-0.4, -0.2) is 24.0 Å². The quantitative estimate of drug-likeness (QED) is 0.791. The molecule has 2 fully saturated rings. The molecule has 1 aliphatic carbocycles. The van der Waals surface area contributed by atoms with Crippen molar-refractivity contribution < 1.29 is 4.79 Å². The van der Waals surface area contributed by atoms with Gasteiger partial charge in [0, 0.05) is 31.4 Å². The third kappa shape index (κ3) is 2.95. The smallest absolute Gasteiger partial charge is 0.252 e. The monoisotopic (exact) mass is 303 g/mol. The number of aromatic amines is 1. The third-order valence-electron chi connectivity index (χ3n) is 5.31. The lowest BCUT2D eigenvalue weighted by Crippen LogP contribution is -2.42. The van der Waals surface area contributed by atoms with Crippen LogP contribution in [0.5, 0.6) is 0 Å². The number of nitrogens with one attached hydrogen (secondary N) is 3. The predicted octanol–water partition coefficient (Wildman–Crippen LogP) is 1.47. The van der Waals surface area contributed by atoms with Crippen LogP contribution in [0, 0.1) is 18.3 Å². The first-order valence-electron chi connectivity index (χ1n) is 8.27. The Kier molecular flexibility index (Phi) is 4.34. The van der Waals surface area contributed by atoms with Crippen molar-refractivity contribution in [2.45, 2.75) is 45.6 Å². The van der Waals surface area contributed by atoms with Crippen molar-refractivity contribution in [1.82, 2.24) is 15.6 Å². The minimum atomic E-state index is -0.122. The highest BCUT2D eigenvalue weighted by Gasteiger charge is 2.46. The zero-order chi connectivity index (χ0) is 15.6. The van der Waals surface area contributed by atoms with Crippen molar-refractivity contribution in [2.75, 3.05) is 13.1 Å². The Morgan fingerprint density at radius 2 is 2.14 bits per heavy atom. The summed E-state index contributed by atoms with van der Waals surface area (Å²) in [5.41, 5.74) is 1.64. The summed E-state index contributed by atoms with van der Waals surface area (Å²) in [6, 6.07) is 1.84. The number of H-pyrrole nitrogens is 1. The van der Waals surface area contributed by atoms with Crippen LogP contribution in [0.25, 0.3) is 0 Å². The molecule has 2 aliphatic rings. The van der Waals surface area contributed by atoms with E-state index in [1.807, 2.05) is 13.0 Å². The largest absolute Gasteiger partial charge is 0.352 e. The van der Waals surface area contributed by atoms with E-state index >= 15 is 0 Å². The summed E-state index contributed by atoms with van der Waals surface area (Å²) < 4.78 is 0. The lowest BCUT2D eigenvalue weighted by Gasteiger charge is -2.37. The van der Waals surface area contributed by atoms with Crippen molar-refractivity contribution in [1.29, 1.82) is 0 Å². The third-order valence-corrected chi connectivity index (χ3v) is 5.31. The van der Waals surface area contributed by atoms with Gasteiger partial charge in [0.2, 0.25) is 5.91 Å². The van der Waals surface area contributed by atoms with Crippen LogP contribution in [-0.2, 0) is 11.3 Å². The summed E-state index contributed by atoms with van der Waals surface area (Å²) in [5, 5.41) is 6.39. The van der Waals surface area contributed by atoms with E-state index in [2.05, 4.69) is 15.6 Å². The van der Waals surface area contributed by atoms with Gasteiger partial charge in [0.1, 0.15) is 0 Å². The van der Waals surface area contributed by atoms with Gasteiger partial charge in [0.05, 0.1) is 5.92 Å². The molecule has 1 aliphatic heterocycles. The number of pyridine rings is 1. The molecule has 5 heteroatoms.